The van der Waals surface area contributed by atoms with E-state index in [9.17, 15) is 0 Å². The summed E-state index contributed by atoms with van der Waals surface area (Å²) >= 11 is 1.81. The van der Waals surface area contributed by atoms with E-state index >= 15 is 0 Å². The molecule has 4 heteroatoms. The van der Waals surface area contributed by atoms with E-state index in [1.54, 1.807) is 0 Å². The summed E-state index contributed by atoms with van der Waals surface area (Å²) in [4.78, 5) is 14.5. The van der Waals surface area contributed by atoms with Gasteiger partial charge < -0.3 is 0 Å². The molecule has 146 valence electrons. The molecule has 0 saturated heterocycles. The van der Waals surface area contributed by atoms with Crippen LogP contribution in [0.15, 0.2) is 103 Å². The highest BCUT2D eigenvalue weighted by molar-refractivity contribution is 7.25. The van der Waals surface area contributed by atoms with Crippen molar-refractivity contribution in [3.8, 4) is 34.2 Å². The van der Waals surface area contributed by atoms with Crippen LogP contribution in [-0.4, -0.2) is 15.0 Å². The van der Waals surface area contributed by atoms with E-state index in [1.807, 2.05) is 72.0 Å². The molecule has 0 aliphatic rings. The van der Waals surface area contributed by atoms with Crippen LogP contribution < -0.4 is 0 Å². The lowest BCUT2D eigenvalue weighted by Crippen LogP contribution is -2.00. The molecule has 0 unspecified atom stereocenters. The highest BCUT2D eigenvalue weighted by Gasteiger charge is 2.13. The number of benzene rings is 4. The monoisotopic (exact) mass is 415 g/mol. The topological polar surface area (TPSA) is 38.7 Å². The van der Waals surface area contributed by atoms with Crippen LogP contribution in [0.1, 0.15) is 0 Å². The molecule has 0 aliphatic heterocycles. The van der Waals surface area contributed by atoms with Crippen molar-refractivity contribution in [1.82, 2.24) is 15.0 Å². The summed E-state index contributed by atoms with van der Waals surface area (Å²) in [5.74, 6) is 2.05. The van der Waals surface area contributed by atoms with Gasteiger partial charge in [-0.1, -0.05) is 78.9 Å². The van der Waals surface area contributed by atoms with Crippen LogP contribution in [-0.2, 0) is 0 Å². The summed E-state index contributed by atoms with van der Waals surface area (Å²) in [6.07, 6.45) is 0. The second-order valence-corrected chi connectivity index (χ2v) is 8.43. The molecule has 0 radical (unpaired) electrons. The molecule has 0 saturated carbocycles. The second kappa shape index (κ2) is 7.42. The zero-order chi connectivity index (χ0) is 20.6. The fourth-order valence-electron chi connectivity index (χ4n) is 3.80. The van der Waals surface area contributed by atoms with Crippen molar-refractivity contribution in [3.63, 3.8) is 0 Å². The molecule has 2 aromatic heterocycles. The van der Waals surface area contributed by atoms with Gasteiger partial charge in [-0.3, -0.25) is 0 Å². The Labute approximate surface area is 183 Å². The largest absolute Gasteiger partial charge is 0.208 e. The average molecular weight is 416 g/mol. The highest BCUT2D eigenvalue weighted by atomic mass is 32.1. The standard InChI is InChI=1S/C27H17N3S/c1-3-9-18(10-4-1)25-28-26(19-11-5-2-6-12-19)30-27(29-25)20-15-16-24-22(17-20)21-13-7-8-14-23(21)31-24/h1-17H. The zero-order valence-electron chi connectivity index (χ0n) is 16.6. The molecule has 0 atom stereocenters. The molecule has 2 heterocycles. The van der Waals surface area contributed by atoms with E-state index in [4.69, 9.17) is 15.0 Å². The van der Waals surface area contributed by atoms with E-state index in [0.29, 0.717) is 17.5 Å². The molecule has 0 bridgehead atoms. The first kappa shape index (κ1) is 17.9. The fraction of sp³-hybridized carbons (Fsp3) is 0. The Morgan fingerprint density at radius 3 is 1.58 bits per heavy atom. The number of fused-ring (bicyclic) bond motifs is 3. The lowest BCUT2D eigenvalue weighted by molar-refractivity contribution is 1.07. The molecular weight excluding hydrogens is 398 g/mol. The van der Waals surface area contributed by atoms with Gasteiger partial charge in [0.2, 0.25) is 0 Å². The first-order chi connectivity index (χ1) is 15.3. The molecule has 31 heavy (non-hydrogen) atoms. The van der Waals surface area contributed by atoms with Crippen molar-refractivity contribution in [2.45, 2.75) is 0 Å². The molecule has 0 N–H and O–H groups in total. The van der Waals surface area contributed by atoms with Gasteiger partial charge in [-0.2, -0.15) is 0 Å². The lowest BCUT2D eigenvalue weighted by atomic mass is 10.1. The van der Waals surface area contributed by atoms with Crippen molar-refractivity contribution < 1.29 is 0 Å². The minimum Gasteiger partial charge on any atom is -0.208 e. The summed E-state index contributed by atoms with van der Waals surface area (Å²) in [5, 5.41) is 2.51. The smallest absolute Gasteiger partial charge is 0.164 e. The Kier molecular flexibility index (Phi) is 4.29. The minimum atomic E-state index is 0.680. The van der Waals surface area contributed by atoms with Gasteiger partial charge in [0.05, 0.1) is 0 Å². The lowest BCUT2D eigenvalue weighted by Gasteiger charge is -2.08. The number of thiophene rings is 1. The number of nitrogens with zero attached hydrogens (tertiary/aromatic N) is 3. The van der Waals surface area contributed by atoms with Gasteiger partial charge in [0, 0.05) is 36.9 Å². The van der Waals surface area contributed by atoms with E-state index < -0.39 is 0 Å². The Morgan fingerprint density at radius 2 is 0.935 bits per heavy atom. The van der Waals surface area contributed by atoms with Gasteiger partial charge in [-0.05, 0) is 24.3 Å². The molecule has 4 aromatic carbocycles. The molecule has 0 spiro atoms. The van der Waals surface area contributed by atoms with Crippen LogP contribution in [0.5, 0.6) is 0 Å². The summed E-state index contributed by atoms with van der Waals surface area (Å²) in [6.45, 7) is 0. The second-order valence-electron chi connectivity index (χ2n) is 7.35. The normalized spacial score (nSPS) is 11.2. The fourth-order valence-corrected chi connectivity index (χ4v) is 4.89. The summed E-state index contributed by atoms with van der Waals surface area (Å²) in [6, 6.07) is 35.1. The quantitative estimate of drug-likeness (QED) is 0.306. The minimum absolute atomic E-state index is 0.680. The van der Waals surface area contributed by atoms with Crippen LogP contribution in [0.3, 0.4) is 0 Å². The highest BCUT2D eigenvalue weighted by Crippen LogP contribution is 2.36. The third-order valence-corrected chi connectivity index (χ3v) is 6.49. The van der Waals surface area contributed by atoms with Crippen LogP contribution in [0.4, 0.5) is 0 Å². The average Bonchev–Trinajstić information content (AvgIpc) is 3.23. The summed E-state index contributed by atoms with van der Waals surface area (Å²) in [5.41, 5.74) is 2.95. The number of rotatable bonds is 3. The van der Waals surface area contributed by atoms with Gasteiger partial charge in [0.1, 0.15) is 0 Å². The third kappa shape index (κ3) is 3.27. The van der Waals surface area contributed by atoms with Gasteiger partial charge in [0.15, 0.2) is 17.5 Å². The van der Waals surface area contributed by atoms with Crippen molar-refractivity contribution in [2.24, 2.45) is 0 Å². The van der Waals surface area contributed by atoms with E-state index in [-0.39, 0.29) is 0 Å². The van der Waals surface area contributed by atoms with Gasteiger partial charge in [-0.25, -0.2) is 15.0 Å². The molecule has 6 rings (SSSR count). The van der Waals surface area contributed by atoms with Crippen LogP contribution in [0.2, 0.25) is 0 Å². The van der Waals surface area contributed by atoms with E-state index in [1.165, 1.54) is 20.2 Å². The molecule has 0 aliphatic carbocycles. The number of hydrogen-bond acceptors (Lipinski definition) is 4. The summed E-state index contributed by atoms with van der Waals surface area (Å²) < 4.78 is 2.56. The first-order valence-corrected chi connectivity index (χ1v) is 11.0. The van der Waals surface area contributed by atoms with Crippen LogP contribution >= 0.6 is 11.3 Å². The number of hydrogen-bond donors (Lipinski definition) is 0. The van der Waals surface area contributed by atoms with Crippen molar-refractivity contribution in [2.75, 3.05) is 0 Å². The van der Waals surface area contributed by atoms with Crippen LogP contribution in [0.25, 0.3) is 54.3 Å². The Balaban J connectivity index is 1.58. The molecule has 0 amide bonds. The van der Waals surface area contributed by atoms with E-state index in [2.05, 4.69) is 42.5 Å². The maximum Gasteiger partial charge on any atom is 0.164 e. The first-order valence-electron chi connectivity index (χ1n) is 10.1. The maximum absolute atomic E-state index is 4.85. The summed E-state index contributed by atoms with van der Waals surface area (Å²) in [7, 11) is 0. The predicted octanol–water partition coefficient (Wildman–Crippen LogP) is 7.24. The maximum atomic E-state index is 4.85. The van der Waals surface area contributed by atoms with Crippen molar-refractivity contribution >= 4 is 31.5 Å². The SMILES string of the molecule is c1ccc(-c2nc(-c3ccccc3)nc(-c3ccc4sc5ccccc5c4c3)n2)cc1. The predicted molar refractivity (Wildman–Crippen MR) is 129 cm³/mol. The third-order valence-electron chi connectivity index (χ3n) is 5.33. The Morgan fingerprint density at radius 1 is 0.419 bits per heavy atom. The van der Waals surface area contributed by atoms with Gasteiger partial charge in [-0.15, -0.1) is 11.3 Å². The van der Waals surface area contributed by atoms with Crippen LogP contribution in [0, 0.1) is 0 Å². The van der Waals surface area contributed by atoms with E-state index in [0.717, 1.165) is 16.7 Å². The molecule has 3 nitrogen and oxygen atoms in total. The van der Waals surface area contributed by atoms with Gasteiger partial charge >= 0.3 is 0 Å². The molecule has 6 aromatic rings. The molecular formula is C27H17N3S. The van der Waals surface area contributed by atoms with Crippen molar-refractivity contribution in [3.05, 3.63) is 103 Å². The Hall–Kier alpha value is -3.89. The van der Waals surface area contributed by atoms with Gasteiger partial charge in [0.25, 0.3) is 0 Å². The zero-order valence-corrected chi connectivity index (χ0v) is 17.4. The van der Waals surface area contributed by atoms with Crippen molar-refractivity contribution in [1.29, 1.82) is 0 Å². The number of aromatic nitrogens is 3. The molecule has 0 fully saturated rings. The Bertz CT molecular complexity index is 1460.